The number of hydrogen-bond donors (Lipinski definition) is 0. The summed E-state index contributed by atoms with van der Waals surface area (Å²) >= 11 is 11.9. The van der Waals surface area contributed by atoms with Crippen LogP contribution >= 0.6 is 23.2 Å². The molecule has 1 aromatic heterocycles. The summed E-state index contributed by atoms with van der Waals surface area (Å²) in [7, 11) is 0. The number of H-pyrrole nitrogens is 1. The SMILES string of the molecule is O=C(OCc1cccc[nH+]1)c1ccc(COc2ccc(Cl)cc2Cl)cc1. The Morgan fingerprint density at radius 3 is 2.46 bits per heavy atom. The Morgan fingerprint density at radius 2 is 1.77 bits per heavy atom. The number of hydrogen-bond acceptors (Lipinski definition) is 3. The Hall–Kier alpha value is -2.56. The molecule has 2 aromatic carbocycles. The molecular weight excluding hydrogens is 373 g/mol. The molecule has 1 heterocycles. The minimum Gasteiger partial charge on any atom is -0.487 e. The molecule has 0 aliphatic rings. The van der Waals surface area contributed by atoms with Crippen molar-refractivity contribution in [1.82, 2.24) is 0 Å². The van der Waals surface area contributed by atoms with Crippen molar-refractivity contribution in [3.8, 4) is 5.75 Å². The van der Waals surface area contributed by atoms with E-state index in [-0.39, 0.29) is 12.6 Å². The van der Waals surface area contributed by atoms with E-state index in [2.05, 4.69) is 4.98 Å². The lowest BCUT2D eigenvalue weighted by molar-refractivity contribution is -0.394. The fourth-order valence-electron chi connectivity index (χ4n) is 2.24. The maximum Gasteiger partial charge on any atom is 0.338 e. The summed E-state index contributed by atoms with van der Waals surface area (Å²) in [6.45, 7) is 0.523. The predicted octanol–water partition coefficient (Wildman–Crippen LogP) is 4.74. The van der Waals surface area contributed by atoms with Crippen molar-refractivity contribution < 1.29 is 19.3 Å². The van der Waals surface area contributed by atoms with Crippen molar-refractivity contribution in [3.63, 3.8) is 0 Å². The lowest BCUT2D eigenvalue weighted by Gasteiger charge is -2.09. The van der Waals surface area contributed by atoms with Crippen LogP contribution in [0, 0.1) is 0 Å². The fourth-order valence-corrected chi connectivity index (χ4v) is 2.70. The first kappa shape index (κ1) is 18.2. The van der Waals surface area contributed by atoms with Gasteiger partial charge in [0, 0.05) is 17.2 Å². The number of carbonyl (C=O) groups is 1. The monoisotopic (exact) mass is 388 g/mol. The Morgan fingerprint density at radius 1 is 0.962 bits per heavy atom. The number of halogens is 2. The number of carbonyl (C=O) groups excluding carboxylic acids is 1. The molecule has 26 heavy (non-hydrogen) atoms. The van der Waals surface area contributed by atoms with Crippen LogP contribution in [0.1, 0.15) is 21.6 Å². The second-order valence-corrected chi connectivity index (χ2v) is 6.37. The molecule has 0 bridgehead atoms. The van der Waals surface area contributed by atoms with Gasteiger partial charge in [0.05, 0.1) is 10.6 Å². The number of benzene rings is 2. The Kier molecular flexibility index (Phi) is 6.10. The van der Waals surface area contributed by atoms with Crippen LogP contribution in [0.5, 0.6) is 5.75 Å². The molecule has 3 aromatic rings. The molecule has 0 spiro atoms. The van der Waals surface area contributed by atoms with Crippen LogP contribution in [0.15, 0.2) is 66.9 Å². The molecule has 0 amide bonds. The highest BCUT2D eigenvalue weighted by molar-refractivity contribution is 6.35. The number of esters is 1. The summed E-state index contributed by atoms with van der Waals surface area (Å²) in [5, 5.41) is 1.01. The first-order valence-corrected chi connectivity index (χ1v) is 8.67. The van der Waals surface area contributed by atoms with Crippen molar-refractivity contribution in [2.24, 2.45) is 0 Å². The average Bonchev–Trinajstić information content (AvgIpc) is 2.67. The van der Waals surface area contributed by atoms with E-state index in [9.17, 15) is 4.79 Å². The molecule has 132 valence electrons. The fraction of sp³-hybridized carbons (Fsp3) is 0.100. The zero-order chi connectivity index (χ0) is 18.4. The molecule has 0 unspecified atom stereocenters. The molecular formula is C20H16Cl2NO3+. The summed E-state index contributed by atoms with van der Waals surface area (Å²) in [5.41, 5.74) is 2.21. The maximum absolute atomic E-state index is 12.1. The quantitative estimate of drug-likeness (QED) is 0.572. The van der Waals surface area contributed by atoms with E-state index in [1.807, 2.05) is 30.3 Å². The van der Waals surface area contributed by atoms with Gasteiger partial charge in [0.1, 0.15) is 12.4 Å². The zero-order valence-corrected chi connectivity index (χ0v) is 15.3. The van der Waals surface area contributed by atoms with Crippen molar-refractivity contribution in [2.45, 2.75) is 13.2 Å². The summed E-state index contributed by atoms with van der Waals surface area (Å²) in [6, 6.07) is 17.7. The summed E-state index contributed by atoms with van der Waals surface area (Å²) in [6.07, 6.45) is 1.78. The first-order chi connectivity index (χ1) is 12.6. The lowest BCUT2D eigenvalue weighted by atomic mass is 10.1. The molecule has 6 heteroatoms. The third kappa shape index (κ3) is 4.97. The van der Waals surface area contributed by atoms with Crippen LogP contribution in [0.25, 0.3) is 0 Å². The standard InChI is InChI=1S/C20H15Cl2NO3/c21-16-8-9-19(18(22)11-16)25-12-14-4-6-15(7-5-14)20(24)26-13-17-3-1-2-10-23-17/h1-11H,12-13H2/p+1. The molecule has 1 N–H and O–H groups in total. The van der Waals surface area contributed by atoms with Crippen molar-refractivity contribution in [1.29, 1.82) is 0 Å². The minimum absolute atomic E-state index is 0.194. The summed E-state index contributed by atoms with van der Waals surface area (Å²) in [4.78, 5) is 15.1. The Bertz CT molecular complexity index is 883. The maximum atomic E-state index is 12.1. The number of aromatic nitrogens is 1. The lowest BCUT2D eigenvalue weighted by Crippen LogP contribution is -2.13. The van der Waals surface area contributed by atoms with E-state index in [4.69, 9.17) is 32.7 Å². The van der Waals surface area contributed by atoms with Crippen molar-refractivity contribution in [2.75, 3.05) is 0 Å². The van der Waals surface area contributed by atoms with Gasteiger partial charge >= 0.3 is 5.97 Å². The normalized spacial score (nSPS) is 10.4. The van der Waals surface area contributed by atoms with Crippen molar-refractivity contribution >= 4 is 29.2 Å². The van der Waals surface area contributed by atoms with Crippen LogP contribution in [0.2, 0.25) is 10.0 Å². The molecule has 0 atom stereocenters. The van der Waals surface area contributed by atoms with E-state index in [0.29, 0.717) is 28.0 Å². The van der Waals surface area contributed by atoms with Crippen LogP contribution in [-0.4, -0.2) is 5.97 Å². The van der Waals surface area contributed by atoms with Gasteiger partial charge in [0.2, 0.25) is 5.69 Å². The highest BCUT2D eigenvalue weighted by Crippen LogP contribution is 2.28. The predicted molar refractivity (Wildman–Crippen MR) is 99.4 cm³/mol. The second-order valence-electron chi connectivity index (χ2n) is 5.52. The van der Waals surface area contributed by atoms with Crippen LogP contribution in [-0.2, 0) is 18.0 Å². The van der Waals surface area contributed by atoms with E-state index >= 15 is 0 Å². The third-order valence-electron chi connectivity index (χ3n) is 3.61. The Labute approximate surface area is 161 Å². The van der Waals surface area contributed by atoms with Crippen molar-refractivity contribution in [3.05, 3.63) is 93.7 Å². The molecule has 0 aliphatic heterocycles. The smallest absolute Gasteiger partial charge is 0.338 e. The molecule has 0 saturated heterocycles. The third-order valence-corrected chi connectivity index (χ3v) is 4.14. The van der Waals surface area contributed by atoms with Crippen LogP contribution < -0.4 is 9.72 Å². The van der Waals surface area contributed by atoms with Gasteiger partial charge < -0.3 is 9.47 Å². The molecule has 0 radical (unpaired) electrons. The second kappa shape index (κ2) is 8.70. The van der Waals surface area contributed by atoms with E-state index in [1.165, 1.54) is 0 Å². The average molecular weight is 389 g/mol. The zero-order valence-electron chi connectivity index (χ0n) is 13.7. The number of rotatable bonds is 6. The summed E-state index contributed by atoms with van der Waals surface area (Å²) < 4.78 is 11.0. The van der Waals surface area contributed by atoms with Gasteiger partial charge in [0.25, 0.3) is 0 Å². The highest BCUT2D eigenvalue weighted by atomic mass is 35.5. The molecule has 0 saturated carbocycles. The van der Waals surface area contributed by atoms with Gasteiger partial charge in [-0.15, -0.1) is 0 Å². The van der Waals surface area contributed by atoms with E-state index < -0.39 is 0 Å². The first-order valence-electron chi connectivity index (χ1n) is 7.91. The van der Waals surface area contributed by atoms with Crippen LogP contribution in [0.3, 0.4) is 0 Å². The van der Waals surface area contributed by atoms with Gasteiger partial charge in [-0.05, 0) is 42.0 Å². The number of ether oxygens (including phenoxy) is 2. The largest absolute Gasteiger partial charge is 0.487 e. The van der Waals surface area contributed by atoms with Gasteiger partial charge in [-0.1, -0.05) is 35.3 Å². The number of pyridine rings is 1. The number of aromatic amines is 1. The van der Waals surface area contributed by atoms with E-state index in [1.54, 1.807) is 36.5 Å². The molecule has 0 fully saturated rings. The number of nitrogens with one attached hydrogen (secondary N) is 1. The van der Waals surface area contributed by atoms with E-state index in [0.717, 1.165) is 11.3 Å². The van der Waals surface area contributed by atoms with Gasteiger partial charge in [0.15, 0.2) is 12.8 Å². The highest BCUT2D eigenvalue weighted by Gasteiger charge is 2.10. The molecule has 3 rings (SSSR count). The van der Waals surface area contributed by atoms with Gasteiger partial charge in [-0.2, -0.15) is 0 Å². The summed E-state index contributed by atoms with van der Waals surface area (Å²) in [5.74, 6) is 0.175. The Balaban J connectivity index is 1.55. The van der Waals surface area contributed by atoms with Crippen LogP contribution in [0.4, 0.5) is 0 Å². The topological polar surface area (TPSA) is 49.7 Å². The molecule has 4 nitrogen and oxygen atoms in total. The molecule has 0 aliphatic carbocycles. The van der Waals surface area contributed by atoms with Gasteiger partial charge in [-0.25, -0.2) is 9.78 Å². The minimum atomic E-state index is -0.379. The van der Waals surface area contributed by atoms with Gasteiger partial charge in [-0.3, -0.25) is 0 Å².